The molecule has 138 valence electrons. The highest BCUT2D eigenvalue weighted by Gasteiger charge is 2.13. The summed E-state index contributed by atoms with van der Waals surface area (Å²) < 4.78 is 21.2. The summed E-state index contributed by atoms with van der Waals surface area (Å²) in [6.07, 6.45) is 1.79. The van der Waals surface area contributed by atoms with Gasteiger partial charge in [0.2, 0.25) is 12.7 Å². The van der Waals surface area contributed by atoms with Crippen LogP contribution < -0.4 is 24.3 Å². The van der Waals surface area contributed by atoms with Gasteiger partial charge in [-0.15, -0.1) is 0 Å². The van der Waals surface area contributed by atoms with Gasteiger partial charge in [-0.05, 0) is 42.2 Å². The lowest BCUT2D eigenvalue weighted by molar-refractivity contribution is -0.121. The number of carbonyl (C=O) groups excluding carboxylic acids is 1. The van der Waals surface area contributed by atoms with Crippen LogP contribution in [0.3, 0.4) is 0 Å². The zero-order valence-electron chi connectivity index (χ0n) is 15.0. The lowest BCUT2D eigenvalue weighted by Crippen LogP contribution is -2.26. The first-order valence-corrected chi connectivity index (χ1v) is 8.55. The van der Waals surface area contributed by atoms with Crippen molar-refractivity contribution in [1.82, 2.24) is 5.32 Å². The summed E-state index contributed by atoms with van der Waals surface area (Å²) in [5, 5.41) is 2.95. The topological polar surface area (TPSA) is 66.0 Å². The van der Waals surface area contributed by atoms with Gasteiger partial charge in [-0.25, -0.2) is 0 Å². The number of hydrogen-bond donors (Lipinski definition) is 1. The van der Waals surface area contributed by atoms with Gasteiger partial charge in [-0.3, -0.25) is 4.79 Å². The fraction of sp³-hybridized carbons (Fsp3) is 0.350. The largest absolute Gasteiger partial charge is 0.497 e. The Labute approximate surface area is 153 Å². The van der Waals surface area contributed by atoms with Gasteiger partial charge in [-0.2, -0.15) is 0 Å². The predicted octanol–water partition coefficient (Wildman–Crippen LogP) is 2.72. The molecule has 6 nitrogen and oxygen atoms in total. The molecule has 0 saturated heterocycles. The number of hydrogen-bond acceptors (Lipinski definition) is 5. The molecule has 0 bridgehead atoms. The fourth-order valence-electron chi connectivity index (χ4n) is 2.84. The van der Waals surface area contributed by atoms with E-state index < -0.39 is 0 Å². The average molecular weight is 357 g/mol. The van der Waals surface area contributed by atoms with Crippen LogP contribution in [0, 0.1) is 0 Å². The number of benzene rings is 2. The van der Waals surface area contributed by atoms with E-state index in [1.807, 2.05) is 36.4 Å². The van der Waals surface area contributed by atoms with Crippen molar-refractivity contribution in [2.24, 2.45) is 0 Å². The van der Waals surface area contributed by atoms with Gasteiger partial charge >= 0.3 is 0 Å². The van der Waals surface area contributed by atoms with Crippen molar-refractivity contribution in [3.63, 3.8) is 0 Å². The molecule has 0 radical (unpaired) electrons. The van der Waals surface area contributed by atoms with E-state index in [2.05, 4.69) is 5.32 Å². The summed E-state index contributed by atoms with van der Waals surface area (Å²) in [6.45, 7) is 0.816. The maximum absolute atomic E-state index is 12.1. The first-order chi connectivity index (χ1) is 12.7. The Morgan fingerprint density at radius 2 is 1.88 bits per heavy atom. The third kappa shape index (κ3) is 4.39. The normalized spacial score (nSPS) is 11.9. The summed E-state index contributed by atoms with van der Waals surface area (Å²) >= 11 is 0. The van der Waals surface area contributed by atoms with Crippen LogP contribution in [0.1, 0.15) is 17.5 Å². The molecule has 0 spiro atoms. The number of methoxy groups -OCH3 is 2. The standard InChI is InChI=1S/C20H23NO5/c1-23-16-6-5-15(18(12-16)24-2)9-10-21-20(22)8-4-14-3-7-17-19(11-14)26-13-25-17/h3,5-7,11-12H,4,8-10,13H2,1-2H3,(H,21,22). The maximum atomic E-state index is 12.1. The average Bonchev–Trinajstić information content (AvgIpc) is 3.14. The molecule has 26 heavy (non-hydrogen) atoms. The highest BCUT2D eigenvalue weighted by atomic mass is 16.7. The Morgan fingerprint density at radius 3 is 2.69 bits per heavy atom. The molecule has 3 rings (SSSR count). The second kappa shape index (κ2) is 8.47. The van der Waals surface area contributed by atoms with E-state index in [4.69, 9.17) is 18.9 Å². The first kappa shape index (κ1) is 17.9. The minimum absolute atomic E-state index is 0.0233. The van der Waals surface area contributed by atoms with Gasteiger partial charge in [-0.1, -0.05) is 12.1 Å². The Balaban J connectivity index is 1.44. The van der Waals surface area contributed by atoms with Crippen LogP contribution in [0.2, 0.25) is 0 Å². The molecule has 1 amide bonds. The molecule has 1 N–H and O–H groups in total. The van der Waals surface area contributed by atoms with Gasteiger partial charge < -0.3 is 24.3 Å². The van der Waals surface area contributed by atoms with Crippen molar-refractivity contribution in [3.8, 4) is 23.0 Å². The molecule has 0 aliphatic carbocycles. The van der Waals surface area contributed by atoms with E-state index in [1.54, 1.807) is 14.2 Å². The number of carbonyl (C=O) groups is 1. The summed E-state index contributed by atoms with van der Waals surface area (Å²) in [5.41, 5.74) is 2.09. The minimum atomic E-state index is 0.0233. The van der Waals surface area contributed by atoms with Crippen molar-refractivity contribution < 1.29 is 23.7 Å². The number of ether oxygens (including phenoxy) is 4. The number of nitrogens with one attached hydrogen (secondary N) is 1. The van der Waals surface area contributed by atoms with Crippen LogP contribution in [0.15, 0.2) is 36.4 Å². The lowest BCUT2D eigenvalue weighted by atomic mass is 10.1. The molecule has 1 heterocycles. The van der Waals surface area contributed by atoms with Gasteiger partial charge in [0, 0.05) is 19.0 Å². The highest BCUT2D eigenvalue weighted by Crippen LogP contribution is 2.32. The molecular weight excluding hydrogens is 334 g/mol. The molecule has 0 fully saturated rings. The Bertz CT molecular complexity index is 775. The van der Waals surface area contributed by atoms with Crippen LogP contribution in [-0.4, -0.2) is 33.5 Å². The van der Waals surface area contributed by atoms with E-state index >= 15 is 0 Å². The van der Waals surface area contributed by atoms with E-state index in [1.165, 1.54) is 0 Å². The van der Waals surface area contributed by atoms with E-state index in [0.717, 1.165) is 34.1 Å². The summed E-state index contributed by atoms with van der Waals surface area (Å²) in [4.78, 5) is 12.1. The van der Waals surface area contributed by atoms with Crippen molar-refractivity contribution in [2.45, 2.75) is 19.3 Å². The molecule has 1 aliphatic heterocycles. The second-order valence-electron chi connectivity index (χ2n) is 5.97. The molecule has 2 aromatic carbocycles. The smallest absolute Gasteiger partial charge is 0.231 e. The Hall–Kier alpha value is -2.89. The fourth-order valence-corrected chi connectivity index (χ4v) is 2.84. The van der Waals surface area contributed by atoms with Crippen LogP contribution in [0.4, 0.5) is 0 Å². The SMILES string of the molecule is COc1ccc(CCNC(=O)CCc2ccc3c(c2)OCO3)c(OC)c1. The Morgan fingerprint density at radius 1 is 1.04 bits per heavy atom. The van der Waals surface area contributed by atoms with E-state index in [0.29, 0.717) is 25.8 Å². The maximum Gasteiger partial charge on any atom is 0.231 e. The molecule has 0 atom stereocenters. The predicted molar refractivity (Wildman–Crippen MR) is 97.1 cm³/mol. The van der Waals surface area contributed by atoms with E-state index in [9.17, 15) is 4.79 Å². The lowest BCUT2D eigenvalue weighted by Gasteiger charge is -2.11. The molecule has 2 aromatic rings. The molecule has 0 aromatic heterocycles. The molecular formula is C20H23NO5. The minimum Gasteiger partial charge on any atom is -0.497 e. The van der Waals surface area contributed by atoms with Crippen molar-refractivity contribution in [2.75, 3.05) is 27.6 Å². The third-order valence-corrected chi connectivity index (χ3v) is 4.29. The summed E-state index contributed by atoms with van der Waals surface area (Å²) in [7, 11) is 3.25. The van der Waals surface area contributed by atoms with Crippen LogP contribution in [-0.2, 0) is 17.6 Å². The monoisotopic (exact) mass is 357 g/mol. The molecule has 1 aliphatic rings. The summed E-state index contributed by atoms with van der Waals surface area (Å²) in [5.74, 6) is 3.04. The first-order valence-electron chi connectivity index (χ1n) is 8.55. The number of fused-ring (bicyclic) bond motifs is 1. The third-order valence-electron chi connectivity index (χ3n) is 4.29. The van der Waals surface area contributed by atoms with Gasteiger partial charge in [0.25, 0.3) is 0 Å². The zero-order chi connectivity index (χ0) is 18.4. The van der Waals surface area contributed by atoms with Crippen molar-refractivity contribution in [3.05, 3.63) is 47.5 Å². The molecule has 6 heteroatoms. The van der Waals surface area contributed by atoms with Crippen LogP contribution >= 0.6 is 0 Å². The quantitative estimate of drug-likeness (QED) is 0.787. The van der Waals surface area contributed by atoms with Crippen LogP contribution in [0.25, 0.3) is 0 Å². The van der Waals surface area contributed by atoms with Gasteiger partial charge in [0.15, 0.2) is 11.5 Å². The number of amides is 1. The van der Waals surface area contributed by atoms with Gasteiger partial charge in [0.05, 0.1) is 14.2 Å². The summed E-state index contributed by atoms with van der Waals surface area (Å²) in [6, 6.07) is 11.5. The van der Waals surface area contributed by atoms with Crippen molar-refractivity contribution >= 4 is 5.91 Å². The Kier molecular flexibility index (Phi) is 5.84. The second-order valence-corrected chi connectivity index (χ2v) is 5.97. The van der Waals surface area contributed by atoms with E-state index in [-0.39, 0.29) is 12.7 Å². The molecule has 0 saturated carbocycles. The number of aryl methyl sites for hydroxylation is 1. The number of rotatable bonds is 8. The zero-order valence-corrected chi connectivity index (χ0v) is 15.0. The van der Waals surface area contributed by atoms with Gasteiger partial charge in [0.1, 0.15) is 11.5 Å². The van der Waals surface area contributed by atoms with Crippen LogP contribution in [0.5, 0.6) is 23.0 Å². The molecule has 0 unspecified atom stereocenters. The highest BCUT2D eigenvalue weighted by molar-refractivity contribution is 5.76. The van der Waals surface area contributed by atoms with Crippen molar-refractivity contribution in [1.29, 1.82) is 0 Å².